The molecule has 220 valence electrons. The number of hydrogen-bond acceptors (Lipinski definition) is 9. The number of aliphatic carboxylic acids is 1. The molecule has 2 saturated heterocycles. The number of piperidine rings is 1. The third-order valence-corrected chi connectivity index (χ3v) is 6.72. The van der Waals surface area contributed by atoms with Crippen LogP contribution in [0.15, 0.2) is 11.6 Å². The number of ether oxygens (including phenoxy) is 4. The van der Waals surface area contributed by atoms with Gasteiger partial charge in [0.15, 0.2) is 0 Å². The minimum Gasteiger partial charge on any atom is -0.478 e. The Morgan fingerprint density at radius 2 is 1.82 bits per heavy atom. The third-order valence-electron chi connectivity index (χ3n) is 6.72. The lowest BCUT2D eigenvalue weighted by Crippen LogP contribution is -2.64. The smallest absolute Gasteiger partial charge is 0.409 e. The lowest BCUT2D eigenvalue weighted by atomic mass is 9.84. The number of amides is 3. The molecule has 2 heterocycles. The fourth-order valence-electron chi connectivity index (χ4n) is 5.05. The summed E-state index contributed by atoms with van der Waals surface area (Å²) in [5, 5.41) is 15.5. The lowest BCUT2D eigenvalue weighted by molar-refractivity contribution is -0.133. The standard InChI is InChI=1S/C26H42N4O9/c1-17(31)27-22-20(28-24(34)39-26(2,3)4)14-18(23(32)33)15-21(22)30-7-5-6-19(16-30)37-12-13-38-25(35)29-8-10-36-11-9-29/h15,19-22H,5-14,16H2,1-4H3,(H,27,31)(H,28,34)(H,32,33)/t19-,20-,21+,22-/m0/s1. The molecule has 0 unspecified atom stereocenters. The number of nitrogens with zero attached hydrogens (tertiary/aromatic N) is 2. The molecule has 0 aromatic heterocycles. The van der Waals surface area contributed by atoms with Gasteiger partial charge in [-0.05, 0) is 40.2 Å². The first-order valence-electron chi connectivity index (χ1n) is 13.5. The molecule has 39 heavy (non-hydrogen) atoms. The van der Waals surface area contributed by atoms with Crippen LogP contribution in [0, 0.1) is 0 Å². The third kappa shape index (κ3) is 9.66. The van der Waals surface area contributed by atoms with E-state index in [1.54, 1.807) is 31.7 Å². The van der Waals surface area contributed by atoms with Crippen LogP contribution in [0.5, 0.6) is 0 Å². The van der Waals surface area contributed by atoms with E-state index in [0.29, 0.717) is 39.4 Å². The van der Waals surface area contributed by atoms with Crippen molar-refractivity contribution in [3.05, 3.63) is 11.6 Å². The van der Waals surface area contributed by atoms with Gasteiger partial charge < -0.3 is 39.6 Å². The summed E-state index contributed by atoms with van der Waals surface area (Å²) >= 11 is 0. The molecule has 0 aromatic carbocycles. The van der Waals surface area contributed by atoms with E-state index < -0.39 is 35.8 Å². The van der Waals surface area contributed by atoms with Crippen molar-refractivity contribution < 1.29 is 43.2 Å². The zero-order valence-corrected chi connectivity index (χ0v) is 23.3. The Kier molecular flexibility index (Phi) is 11.0. The largest absolute Gasteiger partial charge is 0.478 e. The van der Waals surface area contributed by atoms with E-state index in [-0.39, 0.29) is 43.3 Å². The number of nitrogens with one attached hydrogen (secondary N) is 2. The predicted molar refractivity (Wildman–Crippen MR) is 139 cm³/mol. The van der Waals surface area contributed by atoms with Crippen molar-refractivity contribution in [2.45, 2.75) is 76.8 Å². The van der Waals surface area contributed by atoms with Crippen LogP contribution >= 0.6 is 0 Å². The van der Waals surface area contributed by atoms with Crippen LogP contribution < -0.4 is 10.6 Å². The van der Waals surface area contributed by atoms with Crippen LogP contribution in [0.25, 0.3) is 0 Å². The van der Waals surface area contributed by atoms with Gasteiger partial charge in [-0.1, -0.05) is 6.08 Å². The Balaban J connectivity index is 1.64. The fraction of sp³-hybridized carbons (Fsp3) is 0.769. The van der Waals surface area contributed by atoms with Gasteiger partial charge in [0.05, 0.1) is 44.1 Å². The van der Waals surface area contributed by atoms with Gasteiger partial charge in [-0.3, -0.25) is 9.69 Å². The van der Waals surface area contributed by atoms with E-state index in [2.05, 4.69) is 15.5 Å². The SMILES string of the molecule is CC(=O)N[C@H]1[C@@H](NC(=O)OC(C)(C)C)CC(C(=O)O)=C[C@H]1N1CCC[C@H](OCCOC(=O)N2CCOCC2)C1. The molecular weight excluding hydrogens is 512 g/mol. The van der Waals surface area contributed by atoms with E-state index in [9.17, 15) is 24.3 Å². The highest BCUT2D eigenvalue weighted by atomic mass is 16.6. The Hall–Kier alpha value is -2.90. The number of carboxylic acid groups (broad SMARTS) is 1. The second-order valence-electron chi connectivity index (χ2n) is 11.0. The van der Waals surface area contributed by atoms with Gasteiger partial charge in [-0.25, -0.2) is 14.4 Å². The van der Waals surface area contributed by atoms with Crippen molar-refractivity contribution in [2.75, 3.05) is 52.6 Å². The predicted octanol–water partition coefficient (Wildman–Crippen LogP) is 1.12. The normalized spacial score (nSPS) is 26.3. The highest BCUT2D eigenvalue weighted by molar-refractivity contribution is 5.87. The maximum absolute atomic E-state index is 12.6. The van der Waals surface area contributed by atoms with E-state index in [4.69, 9.17) is 18.9 Å². The molecule has 0 saturated carbocycles. The highest BCUT2D eigenvalue weighted by Gasteiger charge is 2.41. The number of carbonyl (C=O) groups excluding carboxylic acids is 3. The maximum atomic E-state index is 12.6. The maximum Gasteiger partial charge on any atom is 0.409 e. The molecule has 0 radical (unpaired) electrons. The van der Waals surface area contributed by atoms with E-state index >= 15 is 0 Å². The second-order valence-corrected chi connectivity index (χ2v) is 11.0. The number of alkyl carbamates (subject to hydrolysis) is 1. The van der Waals surface area contributed by atoms with Crippen LogP contribution in [0.1, 0.15) is 47.0 Å². The number of likely N-dealkylation sites (tertiary alicyclic amines) is 1. The number of carbonyl (C=O) groups is 4. The summed E-state index contributed by atoms with van der Waals surface area (Å²) in [6.45, 7) is 10.1. The minimum absolute atomic E-state index is 0.0400. The van der Waals surface area contributed by atoms with E-state index in [0.717, 1.165) is 12.8 Å². The molecule has 0 bridgehead atoms. The van der Waals surface area contributed by atoms with Crippen LogP contribution in [0.4, 0.5) is 9.59 Å². The van der Waals surface area contributed by atoms with Gasteiger partial charge >= 0.3 is 18.2 Å². The summed E-state index contributed by atoms with van der Waals surface area (Å²) < 4.78 is 22.0. The van der Waals surface area contributed by atoms with E-state index in [1.165, 1.54) is 6.92 Å². The summed E-state index contributed by atoms with van der Waals surface area (Å²) in [6, 6.07) is -1.75. The van der Waals surface area contributed by atoms with Crippen LogP contribution in [-0.2, 0) is 28.5 Å². The van der Waals surface area contributed by atoms with Crippen LogP contribution in [0.2, 0.25) is 0 Å². The average molecular weight is 555 g/mol. The van der Waals surface area contributed by atoms with Crippen molar-refractivity contribution in [2.24, 2.45) is 0 Å². The molecule has 13 nitrogen and oxygen atoms in total. The molecule has 2 aliphatic heterocycles. The molecule has 3 aliphatic rings. The van der Waals surface area contributed by atoms with Gasteiger partial charge in [0.2, 0.25) is 5.91 Å². The number of carboxylic acids is 1. The molecule has 1 aliphatic carbocycles. The quantitative estimate of drug-likeness (QED) is 0.372. The van der Waals surface area contributed by atoms with Crippen molar-refractivity contribution in [3.8, 4) is 0 Å². The summed E-state index contributed by atoms with van der Waals surface area (Å²) in [7, 11) is 0. The van der Waals surface area contributed by atoms with Crippen molar-refractivity contribution in [1.29, 1.82) is 0 Å². The van der Waals surface area contributed by atoms with Crippen LogP contribution in [-0.4, -0.2) is 121 Å². The van der Waals surface area contributed by atoms with Crippen molar-refractivity contribution in [3.63, 3.8) is 0 Å². The molecular formula is C26H42N4O9. The topological polar surface area (TPSA) is 156 Å². The van der Waals surface area contributed by atoms with Crippen molar-refractivity contribution >= 4 is 24.1 Å². The summed E-state index contributed by atoms with van der Waals surface area (Å²) in [6.07, 6.45) is 2.05. The monoisotopic (exact) mass is 554 g/mol. The van der Waals surface area contributed by atoms with E-state index in [1.807, 2.05) is 0 Å². The zero-order valence-electron chi connectivity index (χ0n) is 23.3. The van der Waals surface area contributed by atoms with Gasteiger partial charge in [-0.2, -0.15) is 0 Å². The zero-order chi connectivity index (χ0) is 28.6. The molecule has 3 rings (SSSR count). The van der Waals surface area contributed by atoms with Gasteiger partial charge in [0.25, 0.3) is 0 Å². The van der Waals surface area contributed by atoms with Gasteiger partial charge in [-0.15, -0.1) is 0 Å². The summed E-state index contributed by atoms with van der Waals surface area (Å²) in [5.74, 6) is -1.37. The average Bonchev–Trinajstić information content (AvgIpc) is 2.86. The highest BCUT2D eigenvalue weighted by Crippen LogP contribution is 2.27. The number of hydrogen-bond donors (Lipinski definition) is 3. The first-order valence-corrected chi connectivity index (χ1v) is 13.5. The Morgan fingerprint density at radius 1 is 1.10 bits per heavy atom. The minimum atomic E-state index is -1.08. The molecule has 4 atom stereocenters. The molecule has 0 spiro atoms. The van der Waals surface area contributed by atoms with Crippen LogP contribution in [0.3, 0.4) is 0 Å². The molecule has 3 N–H and O–H groups in total. The fourth-order valence-corrected chi connectivity index (χ4v) is 5.05. The Bertz CT molecular complexity index is 914. The Morgan fingerprint density at radius 3 is 2.46 bits per heavy atom. The summed E-state index contributed by atoms with van der Waals surface area (Å²) in [5.41, 5.74) is -0.582. The number of rotatable bonds is 8. The molecule has 13 heteroatoms. The first kappa shape index (κ1) is 30.6. The lowest BCUT2D eigenvalue weighted by Gasteiger charge is -2.45. The van der Waals surface area contributed by atoms with Gasteiger partial charge in [0.1, 0.15) is 12.2 Å². The Labute approximate surface area is 229 Å². The first-order chi connectivity index (χ1) is 18.4. The van der Waals surface area contributed by atoms with Gasteiger partial charge in [0, 0.05) is 38.6 Å². The van der Waals surface area contributed by atoms with Crippen molar-refractivity contribution in [1.82, 2.24) is 20.4 Å². The second kappa shape index (κ2) is 13.9. The molecule has 2 fully saturated rings. The molecule has 0 aromatic rings. The number of morpholine rings is 1. The summed E-state index contributed by atoms with van der Waals surface area (Å²) in [4.78, 5) is 52.5. The molecule has 3 amide bonds.